The molecule has 0 heterocycles. The summed E-state index contributed by atoms with van der Waals surface area (Å²) in [7, 11) is -2.98. The van der Waals surface area contributed by atoms with E-state index in [9.17, 15) is 12.6 Å². The number of hydrogen-bond acceptors (Lipinski definition) is 3. The van der Waals surface area contributed by atoms with Crippen molar-refractivity contribution < 1.29 is 12.6 Å². The van der Waals surface area contributed by atoms with Crippen LogP contribution >= 0.6 is 0 Å². The predicted octanol–water partition coefficient (Wildman–Crippen LogP) is 1.07. The minimum absolute atomic E-state index is 0.260. The zero-order valence-corrected chi connectivity index (χ0v) is 11.8. The van der Waals surface area contributed by atoms with Crippen molar-refractivity contribution in [3.8, 4) is 0 Å². The van der Waals surface area contributed by atoms with Crippen LogP contribution in [0.15, 0.2) is 35.2 Å². The second-order valence-corrected chi connectivity index (χ2v) is 7.40. The van der Waals surface area contributed by atoms with E-state index in [4.69, 9.17) is 0 Å². The van der Waals surface area contributed by atoms with Crippen molar-refractivity contribution in [1.82, 2.24) is 4.31 Å². The van der Waals surface area contributed by atoms with E-state index in [1.54, 1.807) is 43.5 Å². The van der Waals surface area contributed by atoms with Crippen LogP contribution in [0.5, 0.6) is 0 Å². The van der Waals surface area contributed by atoms with Gasteiger partial charge in [-0.2, -0.15) is 4.31 Å². The predicted molar refractivity (Wildman–Crippen MR) is 69.8 cm³/mol. The Bertz CT molecular complexity index is 485. The molecule has 96 valence electrons. The molecule has 0 fully saturated rings. The van der Waals surface area contributed by atoms with Crippen LogP contribution < -0.4 is 0 Å². The molecule has 0 saturated carbocycles. The SMILES string of the molecule is C[C@@H](C[S@@](C)=O)N(C)S(=O)(=O)c1ccccc1. The molecular weight excluding hydrogens is 258 g/mol. The second-order valence-electron chi connectivity index (χ2n) is 3.92. The zero-order chi connectivity index (χ0) is 13.1. The van der Waals surface area contributed by atoms with Crippen molar-refractivity contribution >= 4 is 20.8 Å². The fourth-order valence-corrected chi connectivity index (χ4v) is 3.82. The first-order chi connectivity index (χ1) is 7.85. The molecule has 6 heteroatoms. The van der Waals surface area contributed by atoms with Crippen molar-refractivity contribution in [3.63, 3.8) is 0 Å². The molecule has 0 bridgehead atoms. The number of nitrogens with zero attached hydrogens (tertiary/aromatic N) is 1. The third kappa shape index (κ3) is 3.62. The molecule has 17 heavy (non-hydrogen) atoms. The average molecular weight is 275 g/mol. The van der Waals surface area contributed by atoms with E-state index in [2.05, 4.69) is 0 Å². The number of rotatable bonds is 5. The van der Waals surface area contributed by atoms with Gasteiger partial charge in [-0.05, 0) is 19.1 Å². The van der Waals surface area contributed by atoms with Gasteiger partial charge in [-0.3, -0.25) is 4.21 Å². The Balaban J connectivity index is 2.95. The van der Waals surface area contributed by atoms with Crippen LogP contribution in [0.3, 0.4) is 0 Å². The van der Waals surface area contributed by atoms with Gasteiger partial charge < -0.3 is 0 Å². The summed E-state index contributed by atoms with van der Waals surface area (Å²) in [5.74, 6) is 0.336. The van der Waals surface area contributed by atoms with Crippen LogP contribution in [0.4, 0.5) is 0 Å². The third-order valence-corrected chi connectivity index (χ3v) is 5.45. The quantitative estimate of drug-likeness (QED) is 0.808. The minimum Gasteiger partial charge on any atom is -0.260 e. The van der Waals surface area contributed by atoms with E-state index in [0.717, 1.165) is 0 Å². The Morgan fingerprint density at radius 2 is 1.82 bits per heavy atom. The van der Waals surface area contributed by atoms with E-state index in [1.165, 1.54) is 11.4 Å². The Labute approximate surface area is 105 Å². The molecule has 0 amide bonds. The van der Waals surface area contributed by atoms with Gasteiger partial charge in [0, 0.05) is 35.9 Å². The first-order valence-corrected chi connectivity index (χ1v) is 8.35. The number of sulfonamides is 1. The molecule has 0 aromatic heterocycles. The standard InChI is InChI=1S/C11H17NO3S2/c1-10(9-16(3)13)12(2)17(14,15)11-7-5-4-6-8-11/h4-8,10H,9H2,1-3H3/t10-,16+/m0/s1. The molecular formula is C11H17NO3S2. The first kappa shape index (κ1) is 14.3. The molecule has 1 rings (SSSR count). The molecule has 1 aromatic carbocycles. The summed E-state index contributed by atoms with van der Waals surface area (Å²) >= 11 is 0. The van der Waals surface area contributed by atoms with Crippen LogP contribution in [0.1, 0.15) is 6.92 Å². The fourth-order valence-electron chi connectivity index (χ4n) is 1.44. The Morgan fingerprint density at radius 3 is 2.29 bits per heavy atom. The highest BCUT2D eigenvalue weighted by atomic mass is 32.2. The zero-order valence-electron chi connectivity index (χ0n) is 10.2. The van der Waals surface area contributed by atoms with Gasteiger partial charge in [0.25, 0.3) is 0 Å². The van der Waals surface area contributed by atoms with E-state index in [-0.39, 0.29) is 10.9 Å². The summed E-state index contributed by atoms with van der Waals surface area (Å²) in [4.78, 5) is 0.260. The van der Waals surface area contributed by atoms with Gasteiger partial charge in [-0.15, -0.1) is 0 Å². The summed E-state index contributed by atoms with van der Waals surface area (Å²) in [5.41, 5.74) is 0. The van der Waals surface area contributed by atoms with Gasteiger partial charge in [-0.1, -0.05) is 18.2 Å². The molecule has 1 aromatic rings. The van der Waals surface area contributed by atoms with Crippen molar-refractivity contribution in [2.45, 2.75) is 17.9 Å². The van der Waals surface area contributed by atoms with Crippen LogP contribution in [0.2, 0.25) is 0 Å². The molecule has 0 aliphatic rings. The number of benzene rings is 1. The van der Waals surface area contributed by atoms with Gasteiger partial charge in [0.05, 0.1) is 4.90 Å². The van der Waals surface area contributed by atoms with Crippen molar-refractivity contribution in [3.05, 3.63) is 30.3 Å². The Kier molecular flexibility index (Phi) is 4.85. The van der Waals surface area contributed by atoms with Gasteiger partial charge in [-0.25, -0.2) is 8.42 Å². The maximum atomic E-state index is 12.2. The topological polar surface area (TPSA) is 54.5 Å². The van der Waals surface area contributed by atoms with E-state index >= 15 is 0 Å². The fraction of sp³-hybridized carbons (Fsp3) is 0.455. The van der Waals surface area contributed by atoms with E-state index < -0.39 is 20.8 Å². The lowest BCUT2D eigenvalue weighted by molar-refractivity contribution is 0.413. The van der Waals surface area contributed by atoms with Crippen molar-refractivity contribution in [2.24, 2.45) is 0 Å². The van der Waals surface area contributed by atoms with Crippen LogP contribution in [-0.4, -0.2) is 42.0 Å². The lowest BCUT2D eigenvalue weighted by Gasteiger charge is -2.23. The maximum absolute atomic E-state index is 12.2. The smallest absolute Gasteiger partial charge is 0.243 e. The minimum atomic E-state index is -3.48. The molecule has 0 N–H and O–H groups in total. The molecule has 0 saturated heterocycles. The highest BCUT2D eigenvalue weighted by molar-refractivity contribution is 7.89. The average Bonchev–Trinajstić information content (AvgIpc) is 2.28. The largest absolute Gasteiger partial charge is 0.260 e. The maximum Gasteiger partial charge on any atom is 0.243 e. The lowest BCUT2D eigenvalue weighted by atomic mass is 10.4. The van der Waals surface area contributed by atoms with Gasteiger partial charge >= 0.3 is 0 Å². The van der Waals surface area contributed by atoms with Gasteiger partial charge in [0.15, 0.2) is 0 Å². The molecule has 2 atom stereocenters. The van der Waals surface area contributed by atoms with Crippen molar-refractivity contribution in [2.75, 3.05) is 19.1 Å². The van der Waals surface area contributed by atoms with E-state index in [1.807, 2.05) is 0 Å². The normalized spacial score (nSPS) is 15.8. The first-order valence-electron chi connectivity index (χ1n) is 5.19. The summed E-state index contributed by atoms with van der Waals surface area (Å²) in [6.07, 6.45) is 1.57. The molecule has 0 aliphatic heterocycles. The van der Waals surface area contributed by atoms with E-state index in [0.29, 0.717) is 5.75 Å². The van der Waals surface area contributed by atoms with Gasteiger partial charge in [0.2, 0.25) is 10.0 Å². The molecule has 0 spiro atoms. The monoisotopic (exact) mass is 275 g/mol. The molecule has 0 radical (unpaired) electrons. The summed E-state index contributed by atoms with van der Waals surface area (Å²) < 4.78 is 36.7. The van der Waals surface area contributed by atoms with Crippen LogP contribution in [0, 0.1) is 0 Å². The number of hydrogen-bond donors (Lipinski definition) is 0. The van der Waals surface area contributed by atoms with Crippen molar-refractivity contribution in [1.29, 1.82) is 0 Å². The van der Waals surface area contributed by atoms with Crippen LogP contribution in [-0.2, 0) is 20.8 Å². The Hall–Kier alpha value is -0.720. The highest BCUT2D eigenvalue weighted by Gasteiger charge is 2.25. The molecule has 4 nitrogen and oxygen atoms in total. The summed E-state index contributed by atoms with van der Waals surface area (Å²) in [6, 6.07) is 7.96. The third-order valence-electron chi connectivity index (χ3n) is 2.52. The molecule has 0 unspecified atom stereocenters. The summed E-state index contributed by atoms with van der Waals surface area (Å²) in [6.45, 7) is 1.75. The highest BCUT2D eigenvalue weighted by Crippen LogP contribution is 2.16. The second kappa shape index (κ2) is 5.75. The molecule has 0 aliphatic carbocycles. The summed E-state index contributed by atoms with van der Waals surface area (Å²) in [5, 5.41) is 0. The Morgan fingerprint density at radius 1 is 1.29 bits per heavy atom. The van der Waals surface area contributed by atoms with Gasteiger partial charge in [0.1, 0.15) is 0 Å². The van der Waals surface area contributed by atoms with Crippen LogP contribution in [0.25, 0.3) is 0 Å². The lowest BCUT2D eigenvalue weighted by Crippen LogP contribution is -2.38.